The lowest BCUT2D eigenvalue weighted by Crippen LogP contribution is -2.31. The minimum atomic E-state index is -0.216. The molecule has 2 aromatic carbocycles. The van der Waals surface area contributed by atoms with Gasteiger partial charge in [-0.25, -0.2) is 4.98 Å². The summed E-state index contributed by atoms with van der Waals surface area (Å²) in [5.41, 5.74) is 0.911. The second kappa shape index (κ2) is 9.41. The summed E-state index contributed by atoms with van der Waals surface area (Å²) in [5, 5.41) is 2.91. The molecule has 0 saturated carbocycles. The topological polar surface area (TPSA) is 69.7 Å². The number of nitrogens with one attached hydrogen (secondary N) is 1. The Balaban J connectivity index is 1.50. The maximum Gasteiger partial charge on any atom is 0.258 e. The summed E-state index contributed by atoms with van der Waals surface area (Å²) in [5.74, 6) is 2.25. The van der Waals surface area contributed by atoms with Gasteiger partial charge in [0.15, 0.2) is 6.61 Å². The van der Waals surface area contributed by atoms with E-state index in [9.17, 15) is 4.79 Å². The van der Waals surface area contributed by atoms with Gasteiger partial charge in [0, 0.05) is 17.8 Å². The number of nitrogens with zero attached hydrogens (tertiary/aromatic N) is 1. The lowest BCUT2D eigenvalue weighted by Gasteiger charge is -2.17. The summed E-state index contributed by atoms with van der Waals surface area (Å²) < 4.78 is 16.5. The van der Waals surface area contributed by atoms with Gasteiger partial charge in [0.25, 0.3) is 5.91 Å². The highest BCUT2D eigenvalue weighted by Gasteiger charge is 2.14. The van der Waals surface area contributed by atoms with Gasteiger partial charge in [-0.05, 0) is 43.3 Å². The Kier molecular flexibility index (Phi) is 6.46. The molecule has 6 heteroatoms. The second-order valence-corrected chi connectivity index (χ2v) is 6.06. The number of ether oxygens (including phenoxy) is 3. The van der Waals surface area contributed by atoms with Crippen molar-refractivity contribution in [2.45, 2.75) is 13.0 Å². The Hall–Kier alpha value is -3.54. The number of hydrogen-bond acceptors (Lipinski definition) is 5. The average molecular weight is 378 g/mol. The van der Waals surface area contributed by atoms with Crippen LogP contribution in [0.25, 0.3) is 0 Å². The molecule has 0 bridgehead atoms. The Labute approximate surface area is 164 Å². The zero-order valence-corrected chi connectivity index (χ0v) is 15.8. The zero-order valence-electron chi connectivity index (χ0n) is 15.8. The van der Waals surface area contributed by atoms with E-state index in [-0.39, 0.29) is 18.6 Å². The normalized spacial score (nSPS) is 11.4. The van der Waals surface area contributed by atoms with Gasteiger partial charge in [0.05, 0.1) is 13.2 Å². The van der Waals surface area contributed by atoms with E-state index in [1.165, 1.54) is 0 Å². The molecule has 1 N–H and O–H groups in total. The van der Waals surface area contributed by atoms with E-state index in [2.05, 4.69) is 10.3 Å². The lowest BCUT2D eigenvalue weighted by atomic mass is 10.1. The smallest absolute Gasteiger partial charge is 0.258 e. The molecule has 1 heterocycles. The molecule has 1 atom stereocenters. The van der Waals surface area contributed by atoms with Crippen LogP contribution in [0.2, 0.25) is 0 Å². The standard InChI is InChI=1S/C22H22N2O4/c1-16(19-7-3-4-8-20(19)26-2)24-21(25)15-27-17-10-12-18(13-11-17)28-22-9-5-6-14-23-22/h3-14,16H,15H2,1-2H3,(H,24,25). The highest BCUT2D eigenvalue weighted by Crippen LogP contribution is 2.24. The summed E-state index contributed by atoms with van der Waals surface area (Å²) in [6, 6.07) is 19.9. The van der Waals surface area contributed by atoms with Crippen molar-refractivity contribution >= 4 is 5.91 Å². The van der Waals surface area contributed by atoms with E-state index in [0.717, 1.165) is 11.3 Å². The number of aromatic nitrogens is 1. The predicted molar refractivity (Wildman–Crippen MR) is 106 cm³/mol. The molecule has 0 fully saturated rings. The third kappa shape index (κ3) is 5.23. The van der Waals surface area contributed by atoms with Crippen molar-refractivity contribution in [2.24, 2.45) is 0 Å². The van der Waals surface area contributed by atoms with Crippen molar-refractivity contribution in [3.05, 3.63) is 78.5 Å². The van der Waals surface area contributed by atoms with E-state index in [1.807, 2.05) is 43.3 Å². The van der Waals surface area contributed by atoms with E-state index in [1.54, 1.807) is 43.6 Å². The van der Waals surface area contributed by atoms with E-state index in [0.29, 0.717) is 17.4 Å². The number of carbonyl (C=O) groups is 1. The third-order valence-electron chi connectivity index (χ3n) is 4.04. The van der Waals surface area contributed by atoms with Crippen LogP contribution in [0.1, 0.15) is 18.5 Å². The van der Waals surface area contributed by atoms with Crippen molar-refractivity contribution in [1.82, 2.24) is 10.3 Å². The van der Waals surface area contributed by atoms with Gasteiger partial charge < -0.3 is 19.5 Å². The van der Waals surface area contributed by atoms with E-state index < -0.39 is 0 Å². The van der Waals surface area contributed by atoms with Gasteiger partial charge >= 0.3 is 0 Å². The van der Waals surface area contributed by atoms with Crippen LogP contribution in [0.15, 0.2) is 72.9 Å². The first kappa shape index (κ1) is 19.2. The SMILES string of the molecule is COc1ccccc1C(C)NC(=O)COc1ccc(Oc2ccccn2)cc1. The minimum Gasteiger partial charge on any atom is -0.496 e. The number of pyridine rings is 1. The first-order valence-corrected chi connectivity index (χ1v) is 8.89. The maximum absolute atomic E-state index is 12.2. The van der Waals surface area contributed by atoms with Gasteiger partial charge in [0.1, 0.15) is 17.2 Å². The summed E-state index contributed by atoms with van der Waals surface area (Å²) in [6.07, 6.45) is 1.66. The fraction of sp³-hybridized carbons (Fsp3) is 0.182. The van der Waals surface area contributed by atoms with Gasteiger partial charge in [0.2, 0.25) is 5.88 Å². The van der Waals surface area contributed by atoms with E-state index >= 15 is 0 Å². The molecule has 3 rings (SSSR count). The molecule has 0 saturated heterocycles. The third-order valence-corrected chi connectivity index (χ3v) is 4.04. The Morgan fingerprint density at radius 2 is 1.71 bits per heavy atom. The van der Waals surface area contributed by atoms with Crippen LogP contribution in [-0.4, -0.2) is 24.6 Å². The molecule has 144 valence electrons. The first-order valence-electron chi connectivity index (χ1n) is 8.89. The molecule has 3 aromatic rings. The van der Waals surface area contributed by atoms with E-state index in [4.69, 9.17) is 14.2 Å². The molecule has 6 nitrogen and oxygen atoms in total. The summed E-state index contributed by atoms with van der Waals surface area (Å²) in [7, 11) is 1.61. The van der Waals surface area contributed by atoms with Crippen molar-refractivity contribution in [2.75, 3.05) is 13.7 Å². The lowest BCUT2D eigenvalue weighted by molar-refractivity contribution is -0.123. The minimum absolute atomic E-state index is 0.0834. The zero-order chi connectivity index (χ0) is 19.8. The molecule has 0 radical (unpaired) electrons. The number of para-hydroxylation sites is 1. The molecule has 28 heavy (non-hydrogen) atoms. The molecule has 1 amide bonds. The summed E-state index contributed by atoms with van der Waals surface area (Å²) >= 11 is 0. The number of amides is 1. The Bertz CT molecular complexity index is 898. The summed E-state index contributed by atoms with van der Waals surface area (Å²) in [6.45, 7) is 1.82. The maximum atomic E-state index is 12.2. The number of hydrogen-bond donors (Lipinski definition) is 1. The van der Waals surface area contributed by atoms with Gasteiger partial charge in [-0.2, -0.15) is 0 Å². The van der Waals surface area contributed by atoms with Gasteiger partial charge in [-0.15, -0.1) is 0 Å². The summed E-state index contributed by atoms with van der Waals surface area (Å²) in [4.78, 5) is 16.3. The fourth-order valence-corrected chi connectivity index (χ4v) is 2.67. The quantitative estimate of drug-likeness (QED) is 0.638. The highest BCUT2D eigenvalue weighted by molar-refractivity contribution is 5.78. The van der Waals surface area contributed by atoms with Crippen molar-refractivity contribution < 1.29 is 19.0 Å². The van der Waals surface area contributed by atoms with Crippen LogP contribution in [0.5, 0.6) is 23.1 Å². The van der Waals surface area contributed by atoms with Gasteiger partial charge in [-0.1, -0.05) is 24.3 Å². The molecule has 0 spiro atoms. The van der Waals surface area contributed by atoms with Crippen molar-refractivity contribution in [1.29, 1.82) is 0 Å². The molecule has 0 aliphatic heterocycles. The first-order chi connectivity index (χ1) is 13.7. The van der Waals surface area contributed by atoms with Crippen LogP contribution in [0.4, 0.5) is 0 Å². The Morgan fingerprint density at radius 1 is 1.00 bits per heavy atom. The number of rotatable bonds is 8. The van der Waals surface area contributed by atoms with Crippen LogP contribution < -0.4 is 19.5 Å². The van der Waals surface area contributed by atoms with Crippen LogP contribution in [0, 0.1) is 0 Å². The van der Waals surface area contributed by atoms with Crippen LogP contribution in [0.3, 0.4) is 0 Å². The van der Waals surface area contributed by atoms with Gasteiger partial charge in [-0.3, -0.25) is 4.79 Å². The fourth-order valence-electron chi connectivity index (χ4n) is 2.67. The number of carbonyl (C=O) groups excluding carboxylic acids is 1. The second-order valence-electron chi connectivity index (χ2n) is 6.06. The number of benzene rings is 2. The monoisotopic (exact) mass is 378 g/mol. The molecular formula is C22H22N2O4. The molecule has 1 aromatic heterocycles. The largest absolute Gasteiger partial charge is 0.496 e. The number of methoxy groups -OCH3 is 1. The molecule has 0 aliphatic rings. The molecule has 1 unspecified atom stereocenters. The molecule has 0 aliphatic carbocycles. The Morgan fingerprint density at radius 3 is 2.43 bits per heavy atom. The predicted octanol–water partition coefficient (Wildman–Crippen LogP) is 4.14. The van der Waals surface area contributed by atoms with Crippen molar-refractivity contribution in [3.63, 3.8) is 0 Å². The molecular weight excluding hydrogens is 356 g/mol. The van der Waals surface area contributed by atoms with Crippen LogP contribution in [-0.2, 0) is 4.79 Å². The highest BCUT2D eigenvalue weighted by atomic mass is 16.5. The van der Waals surface area contributed by atoms with Crippen molar-refractivity contribution in [3.8, 4) is 23.1 Å². The van der Waals surface area contributed by atoms with Crippen LogP contribution >= 0.6 is 0 Å². The average Bonchev–Trinajstić information content (AvgIpc) is 2.74.